The second-order valence-corrected chi connectivity index (χ2v) is 5.83. The quantitative estimate of drug-likeness (QED) is 0.474. The molecule has 0 aliphatic heterocycles. The monoisotopic (exact) mass is 389 g/mol. The number of hydrogen-bond donors (Lipinski definition) is 2. The molecule has 2 aromatic carbocycles. The molecule has 29 heavy (non-hydrogen) atoms. The SMILES string of the molecule is CCOc1cc(C=NNc2nc(-c3ccccc3)c(C#N)c(=O)[nH]2)ccc1OC. The zero-order chi connectivity index (χ0) is 20.6. The molecule has 0 fully saturated rings. The summed E-state index contributed by atoms with van der Waals surface area (Å²) >= 11 is 0. The summed E-state index contributed by atoms with van der Waals surface area (Å²) in [5, 5.41) is 13.4. The van der Waals surface area contributed by atoms with Gasteiger partial charge in [0.2, 0.25) is 5.95 Å². The summed E-state index contributed by atoms with van der Waals surface area (Å²) in [5.74, 6) is 1.36. The maximum absolute atomic E-state index is 12.2. The molecule has 3 rings (SSSR count). The number of ether oxygens (including phenoxy) is 2. The Hall–Kier alpha value is -4.12. The van der Waals surface area contributed by atoms with Crippen molar-refractivity contribution in [3.63, 3.8) is 0 Å². The molecule has 0 atom stereocenters. The number of hydrazone groups is 1. The zero-order valence-electron chi connectivity index (χ0n) is 16.0. The van der Waals surface area contributed by atoms with Gasteiger partial charge in [0, 0.05) is 5.56 Å². The largest absolute Gasteiger partial charge is 0.493 e. The highest BCUT2D eigenvalue weighted by atomic mass is 16.5. The van der Waals surface area contributed by atoms with Crippen LogP contribution >= 0.6 is 0 Å². The maximum atomic E-state index is 12.2. The number of nitrogens with zero attached hydrogens (tertiary/aromatic N) is 3. The highest BCUT2D eigenvalue weighted by Gasteiger charge is 2.12. The predicted octanol–water partition coefficient (Wildman–Crippen LogP) is 3.16. The minimum absolute atomic E-state index is 0.0535. The first-order valence-electron chi connectivity index (χ1n) is 8.86. The summed E-state index contributed by atoms with van der Waals surface area (Å²) in [5.41, 5.74) is 3.82. The zero-order valence-corrected chi connectivity index (χ0v) is 16.0. The van der Waals surface area contributed by atoms with Crippen LogP contribution in [0.15, 0.2) is 58.4 Å². The number of aromatic amines is 1. The van der Waals surface area contributed by atoms with E-state index >= 15 is 0 Å². The van der Waals surface area contributed by atoms with Crippen LogP contribution in [-0.4, -0.2) is 29.9 Å². The first-order valence-corrected chi connectivity index (χ1v) is 8.86. The van der Waals surface area contributed by atoms with Crippen LogP contribution in [0.3, 0.4) is 0 Å². The van der Waals surface area contributed by atoms with Crippen molar-refractivity contribution in [3.05, 3.63) is 70.0 Å². The van der Waals surface area contributed by atoms with Crippen LogP contribution in [0.25, 0.3) is 11.3 Å². The van der Waals surface area contributed by atoms with Gasteiger partial charge in [-0.15, -0.1) is 0 Å². The van der Waals surface area contributed by atoms with Gasteiger partial charge >= 0.3 is 0 Å². The van der Waals surface area contributed by atoms with Gasteiger partial charge in [0.15, 0.2) is 11.5 Å². The lowest BCUT2D eigenvalue weighted by atomic mass is 10.1. The van der Waals surface area contributed by atoms with E-state index in [0.29, 0.717) is 23.7 Å². The molecule has 0 aliphatic rings. The van der Waals surface area contributed by atoms with Crippen molar-refractivity contribution in [3.8, 4) is 28.8 Å². The van der Waals surface area contributed by atoms with Crippen molar-refractivity contribution in [2.24, 2.45) is 5.10 Å². The van der Waals surface area contributed by atoms with E-state index in [1.54, 1.807) is 37.6 Å². The molecule has 8 nitrogen and oxygen atoms in total. The summed E-state index contributed by atoms with van der Waals surface area (Å²) in [7, 11) is 1.57. The molecule has 146 valence electrons. The minimum Gasteiger partial charge on any atom is -0.493 e. The minimum atomic E-state index is -0.540. The number of methoxy groups -OCH3 is 1. The van der Waals surface area contributed by atoms with Crippen molar-refractivity contribution in [1.29, 1.82) is 5.26 Å². The van der Waals surface area contributed by atoms with Gasteiger partial charge in [-0.05, 0) is 30.7 Å². The Bertz CT molecular complexity index is 1120. The van der Waals surface area contributed by atoms with E-state index in [0.717, 1.165) is 5.56 Å². The third kappa shape index (κ3) is 4.59. The number of benzene rings is 2. The number of aromatic nitrogens is 2. The van der Waals surface area contributed by atoms with Gasteiger partial charge in [-0.3, -0.25) is 9.78 Å². The molecule has 0 spiro atoms. The molecule has 0 unspecified atom stereocenters. The van der Waals surface area contributed by atoms with Gasteiger partial charge < -0.3 is 9.47 Å². The second kappa shape index (κ2) is 9.19. The van der Waals surface area contributed by atoms with E-state index in [-0.39, 0.29) is 17.2 Å². The Kier molecular flexibility index (Phi) is 6.22. The number of anilines is 1. The van der Waals surface area contributed by atoms with E-state index in [9.17, 15) is 10.1 Å². The van der Waals surface area contributed by atoms with Crippen LogP contribution in [0.1, 0.15) is 18.1 Å². The van der Waals surface area contributed by atoms with E-state index < -0.39 is 5.56 Å². The van der Waals surface area contributed by atoms with E-state index in [4.69, 9.17) is 9.47 Å². The Balaban J connectivity index is 1.86. The third-order valence-electron chi connectivity index (χ3n) is 3.95. The number of hydrogen-bond acceptors (Lipinski definition) is 7. The molecule has 0 amide bonds. The average Bonchev–Trinajstić information content (AvgIpc) is 2.74. The van der Waals surface area contributed by atoms with Crippen LogP contribution in [0.2, 0.25) is 0 Å². The maximum Gasteiger partial charge on any atom is 0.270 e. The van der Waals surface area contributed by atoms with Crippen LogP contribution in [0, 0.1) is 11.3 Å². The van der Waals surface area contributed by atoms with Gasteiger partial charge in [0.05, 0.1) is 25.6 Å². The van der Waals surface area contributed by atoms with Gasteiger partial charge in [0.1, 0.15) is 11.6 Å². The fourth-order valence-corrected chi connectivity index (χ4v) is 2.64. The summed E-state index contributed by atoms with van der Waals surface area (Å²) in [6, 6.07) is 16.3. The number of H-pyrrole nitrogens is 1. The number of nitriles is 1. The Morgan fingerprint density at radius 2 is 2.03 bits per heavy atom. The lowest BCUT2D eigenvalue weighted by Crippen LogP contribution is -2.16. The smallest absolute Gasteiger partial charge is 0.270 e. The molecule has 1 aromatic heterocycles. The first kappa shape index (κ1) is 19.6. The van der Waals surface area contributed by atoms with Gasteiger partial charge in [-0.2, -0.15) is 10.4 Å². The van der Waals surface area contributed by atoms with Crippen molar-refractivity contribution < 1.29 is 9.47 Å². The fourth-order valence-electron chi connectivity index (χ4n) is 2.64. The van der Waals surface area contributed by atoms with Crippen LogP contribution in [-0.2, 0) is 0 Å². The third-order valence-corrected chi connectivity index (χ3v) is 3.95. The first-order chi connectivity index (χ1) is 14.2. The van der Waals surface area contributed by atoms with Crippen LogP contribution in [0.5, 0.6) is 11.5 Å². The fraction of sp³-hybridized carbons (Fsp3) is 0.143. The lowest BCUT2D eigenvalue weighted by Gasteiger charge is -2.09. The highest BCUT2D eigenvalue weighted by Crippen LogP contribution is 2.27. The Morgan fingerprint density at radius 3 is 2.72 bits per heavy atom. The average molecular weight is 389 g/mol. The molecule has 0 saturated carbocycles. The van der Waals surface area contributed by atoms with E-state index in [1.165, 1.54) is 0 Å². The number of rotatable bonds is 7. The predicted molar refractivity (Wildman–Crippen MR) is 110 cm³/mol. The topological polar surface area (TPSA) is 112 Å². The lowest BCUT2D eigenvalue weighted by molar-refractivity contribution is 0.311. The molecular formula is C21H19N5O3. The molecule has 2 N–H and O–H groups in total. The Morgan fingerprint density at radius 1 is 1.24 bits per heavy atom. The van der Waals surface area contributed by atoms with Crippen LogP contribution < -0.4 is 20.5 Å². The molecule has 0 bridgehead atoms. The van der Waals surface area contributed by atoms with Crippen molar-refractivity contribution >= 4 is 12.2 Å². The summed E-state index contributed by atoms with van der Waals surface area (Å²) in [6.07, 6.45) is 1.56. The molecule has 8 heteroatoms. The molecule has 1 heterocycles. The molecule has 3 aromatic rings. The van der Waals surface area contributed by atoms with Gasteiger partial charge in [-0.25, -0.2) is 10.4 Å². The van der Waals surface area contributed by atoms with Crippen LogP contribution in [0.4, 0.5) is 5.95 Å². The van der Waals surface area contributed by atoms with Crippen molar-refractivity contribution in [2.45, 2.75) is 6.92 Å². The Labute approximate surface area is 167 Å². The summed E-state index contributed by atoms with van der Waals surface area (Å²) < 4.78 is 10.8. The summed E-state index contributed by atoms with van der Waals surface area (Å²) in [6.45, 7) is 2.40. The second-order valence-electron chi connectivity index (χ2n) is 5.83. The number of nitrogens with one attached hydrogen (secondary N) is 2. The van der Waals surface area contributed by atoms with Gasteiger partial charge in [-0.1, -0.05) is 30.3 Å². The highest BCUT2D eigenvalue weighted by molar-refractivity contribution is 5.81. The molecule has 0 aliphatic carbocycles. The normalized spacial score (nSPS) is 10.5. The van der Waals surface area contributed by atoms with E-state index in [2.05, 4.69) is 20.5 Å². The molecule has 0 saturated heterocycles. The van der Waals surface area contributed by atoms with Gasteiger partial charge in [0.25, 0.3) is 5.56 Å². The standard InChI is InChI=1S/C21H19N5O3/c1-3-29-18-11-14(9-10-17(18)28-2)13-23-26-21-24-19(15-7-5-4-6-8-15)16(12-22)20(27)25-21/h4-11,13H,3H2,1-2H3,(H2,24,25,26,27). The molecule has 0 radical (unpaired) electrons. The van der Waals surface area contributed by atoms with Crippen molar-refractivity contribution in [1.82, 2.24) is 9.97 Å². The van der Waals surface area contributed by atoms with E-state index in [1.807, 2.05) is 37.3 Å². The van der Waals surface area contributed by atoms with Crippen molar-refractivity contribution in [2.75, 3.05) is 19.1 Å². The summed E-state index contributed by atoms with van der Waals surface area (Å²) in [4.78, 5) is 19.1. The molecular weight excluding hydrogens is 370 g/mol.